The van der Waals surface area contributed by atoms with E-state index in [4.69, 9.17) is 9.47 Å². The Hall–Kier alpha value is -2.53. The van der Waals surface area contributed by atoms with Crippen LogP contribution in [0.4, 0.5) is 0 Å². The van der Waals surface area contributed by atoms with Crippen molar-refractivity contribution in [2.45, 2.75) is 26.5 Å². The van der Waals surface area contributed by atoms with Crippen LogP contribution in [0, 0.1) is 0 Å². The van der Waals surface area contributed by atoms with Crippen LogP contribution in [0.25, 0.3) is 0 Å². The van der Waals surface area contributed by atoms with Gasteiger partial charge in [0.2, 0.25) is 0 Å². The Balaban J connectivity index is 1.51. The molecule has 0 saturated carbocycles. The Morgan fingerprint density at radius 1 is 1.08 bits per heavy atom. The highest BCUT2D eigenvalue weighted by atomic mass is 16.6. The van der Waals surface area contributed by atoms with Gasteiger partial charge in [0.1, 0.15) is 12.7 Å². The van der Waals surface area contributed by atoms with Crippen LogP contribution in [-0.4, -0.2) is 43.2 Å². The van der Waals surface area contributed by atoms with Crippen LogP contribution in [0.1, 0.15) is 29.8 Å². The predicted molar refractivity (Wildman–Crippen MR) is 102 cm³/mol. The average Bonchev–Trinajstić information content (AvgIpc) is 2.70. The van der Waals surface area contributed by atoms with Gasteiger partial charge in [-0.15, -0.1) is 0 Å². The van der Waals surface area contributed by atoms with Gasteiger partial charge in [-0.25, -0.2) is 0 Å². The van der Waals surface area contributed by atoms with Gasteiger partial charge in [-0.2, -0.15) is 0 Å². The van der Waals surface area contributed by atoms with Crippen molar-refractivity contribution in [3.63, 3.8) is 0 Å². The lowest BCUT2D eigenvalue weighted by Crippen LogP contribution is -2.40. The molecule has 0 aromatic heterocycles. The Labute approximate surface area is 154 Å². The summed E-state index contributed by atoms with van der Waals surface area (Å²) in [6.45, 7) is 8.09. The molecule has 1 heterocycles. The first-order valence-corrected chi connectivity index (χ1v) is 9.17. The molecule has 1 aliphatic heterocycles. The first-order valence-electron chi connectivity index (χ1n) is 9.17. The highest BCUT2D eigenvalue weighted by molar-refractivity contribution is 5.94. The van der Waals surface area contributed by atoms with E-state index in [-0.39, 0.29) is 12.0 Å². The lowest BCUT2D eigenvalue weighted by Gasteiger charge is -2.26. The molecule has 0 aliphatic carbocycles. The number of nitrogens with one attached hydrogen (secondary N) is 1. The molecule has 1 unspecified atom stereocenters. The van der Waals surface area contributed by atoms with Crippen LogP contribution in [0.15, 0.2) is 48.5 Å². The summed E-state index contributed by atoms with van der Waals surface area (Å²) < 4.78 is 11.5. The third-order valence-electron chi connectivity index (χ3n) is 4.57. The second-order valence-corrected chi connectivity index (χ2v) is 6.37. The minimum atomic E-state index is -0.184. The minimum Gasteiger partial charge on any atom is -0.486 e. The zero-order chi connectivity index (χ0) is 18.4. The third-order valence-corrected chi connectivity index (χ3v) is 4.57. The first kappa shape index (κ1) is 18.3. The maximum absolute atomic E-state index is 12.4. The van der Waals surface area contributed by atoms with E-state index in [1.165, 1.54) is 5.56 Å². The number of rotatable bonds is 7. The molecule has 1 amide bonds. The summed E-state index contributed by atoms with van der Waals surface area (Å²) in [5.41, 5.74) is 1.87. The quantitative estimate of drug-likeness (QED) is 0.830. The van der Waals surface area contributed by atoms with Crippen molar-refractivity contribution >= 4 is 5.91 Å². The van der Waals surface area contributed by atoms with Crippen LogP contribution in [0.3, 0.4) is 0 Å². The molecule has 1 atom stereocenters. The van der Waals surface area contributed by atoms with Crippen molar-refractivity contribution in [1.29, 1.82) is 0 Å². The summed E-state index contributed by atoms with van der Waals surface area (Å²) in [6.07, 6.45) is -0.184. The molecule has 1 N–H and O–H groups in total. The van der Waals surface area contributed by atoms with Crippen LogP contribution in [0.5, 0.6) is 11.5 Å². The maximum Gasteiger partial charge on any atom is 0.251 e. The number of fused-ring (bicyclic) bond motifs is 1. The van der Waals surface area contributed by atoms with Gasteiger partial charge in [0.25, 0.3) is 5.91 Å². The van der Waals surface area contributed by atoms with E-state index >= 15 is 0 Å². The van der Waals surface area contributed by atoms with Gasteiger partial charge in [-0.3, -0.25) is 9.69 Å². The summed E-state index contributed by atoms with van der Waals surface area (Å²) in [5, 5.41) is 2.93. The fourth-order valence-electron chi connectivity index (χ4n) is 2.94. The summed E-state index contributed by atoms with van der Waals surface area (Å²) >= 11 is 0. The van der Waals surface area contributed by atoms with Gasteiger partial charge in [0.15, 0.2) is 11.5 Å². The smallest absolute Gasteiger partial charge is 0.251 e. The van der Waals surface area contributed by atoms with Crippen molar-refractivity contribution < 1.29 is 14.3 Å². The Morgan fingerprint density at radius 3 is 2.46 bits per heavy atom. The van der Waals surface area contributed by atoms with Crippen molar-refractivity contribution in [3.05, 3.63) is 59.7 Å². The number of benzene rings is 2. The van der Waals surface area contributed by atoms with Crippen LogP contribution in [0.2, 0.25) is 0 Å². The third kappa shape index (κ3) is 4.55. The van der Waals surface area contributed by atoms with E-state index in [0.29, 0.717) is 18.7 Å². The van der Waals surface area contributed by atoms with E-state index in [1.54, 1.807) is 0 Å². The van der Waals surface area contributed by atoms with Crippen LogP contribution < -0.4 is 14.8 Å². The number of nitrogens with zero attached hydrogens (tertiary/aromatic N) is 1. The van der Waals surface area contributed by atoms with Crippen LogP contribution >= 0.6 is 0 Å². The molecule has 138 valence electrons. The molecule has 0 radical (unpaired) electrons. The van der Waals surface area contributed by atoms with E-state index in [0.717, 1.165) is 31.1 Å². The second-order valence-electron chi connectivity index (χ2n) is 6.37. The van der Waals surface area contributed by atoms with Gasteiger partial charge < -0.3 is 14.8 Å². The molecule has 5 nitrogen and oxygen atoms in total. The molecule has 0 spiro atoms. The molecule has 2 aromatic carbocycles. The number of ether oxygens (including phenoxy) is 2. The zero-order valence-corrected chi connectivity index (χ0v) is 15.4. The lowest BCUT2D eigenvalue weighted by atomic mass is 10.1. The fraction of sp³-hybridized carbons (Fsp3) is 0.381. The molecule has 26 heavy (non-hydrogen) atoms. The molecule has 5 heteroatoms. The molecule has 0 saturated heterocycles. The van der Waals surface area contributed by atoms with Crippen LogP contribution in [-0.2, 0) is 6.54 Å². The monoisotopic (exact) mass is 354 g/mol. The molecule has 3 rings (SSSR count). The maximum atomic E-state index is 12.4. The summed E-state index contributed by atoms with van der Waals surface area (Å²) in [5.74, 6) is 1.37. The topological polar surface area (TPSA) is 50.8 Å². The summed E-state index contributed by atoms with van der Waals surface area (Å²) in [7, 11) is 0. The van der Waals surface area contributed by atoms with Gasteiger partial charge in [-0.05, 0) is 42.9 Å². The molecular formula is C21H26N2O3. The molecule has 0 fully saturated rings. The molecule has 2 aromatic rings. The van der Waals surface area contributed by atoms with E-state index in [2.05, 4.69) is 24.1 Å². The minimum absolute atomic E-state index is 0.0955. The number of para-hydroxylation sites is 2. The second kappa shape index (κ2) is 8.72. The number of amides is 1. The van der Waals surface area contributed by atoms with Crippen molar-refractivity contribution in [3.8, 4) is 11.5 Å². The highest BCUT2D eigenvalue weighted by Gasteiger charge is 2.21. The van der Waals surface area contributed by atoms with Crippen molar-refractivity contribution in [2.75, 3.05) is 26.2 Å². The normalized spacial score (nSPS) is 15.7. The number of hydrogen-bond donors (Lipinski definition) is 1. The van der Waals surface area contributed by atoms with E-state index in [1.807, 2.05) is 48.5 Å². The van der Waals surface area contributed by atoms with E-state index < -0.39 is 0 Å². The zero-order valence-electron chi connectivity index (χ0n) is 15.4. The first-order chi connectivity index (χ1) is 12.7. The molecule has 1 aliphatic rings. The largest absolute Gasteiger partial charge is 0.486 e. The van der Waals surface area contributed by atoms with E-state index in [9.17, 15) is 4.79 Å². The number of carbonyl (C=O) groups is 1. The molecule has 0 bridgehead atoms. The number of carbonyl (C=O) groups excluding carboxylic acids is 1. The standard InChI is InChI=1S/C21H26N2O3/c1-3-23(4-2)14-16-9-11-17(12-10-16)21(24)22-13-18-15-25-19-7-5-6-8-20(19)26-18/h5-12,18H,3-4,13-15H2,1-2H3,(H,22,24). The molecular weight excluding hydrogens is 328 g/mol. The fourth-order valence-corrected chi connectivity index (χ4v) is 2.94. The average molecular weight is 354 g/mol. The van der Waals surface area contributed by atoms with Gasteiger partial charge in [-0.1, -0.05) is 38.1 Å². The predicted octanol–water partition coefficient (Wildman–Crippen LogP) is 3.10. The SMILES string of the molecule is CCN(CC)Cc1ccc(C(=O)NCC2COc3ccccc3O2)cc1. The Kier molecular flexibility index (Phi) is 6.12. The Bertz CT molecular complexity index is 726. The summed E-state index contributed by atoms with van der Waals surface area (Å²) in [4.78, 5) is 14.7. The van der Waals surface area contributed by atoms with Crippen molar-refractivity contribution in [2.24, 2.45) is 0 Å². The summed E-state index contributed by atoms with van der Waals surface area (Å²) in [6, 6.07) is 15.4. The Morgan fingerprint density at radius 2 is 1.77 bits per heavy atom. The van der Waals surface area contributed by atoms with Crippen molar-refractivity contribution in [1.82, 2.24) is 10.2 Å². The highest BCUT2D eigenvalue weighted by Crippen LogP contribution is 2.30. The van der Waals surface area contributed by atoms with Gasteiger partial charge >= 0.3 is 0 Å². The lowest BCUT2D eigenvalue weighted by molar-refractivity contribution is 0.0789. The van der Waals surface area contributed by atoms with Gasteiger partial charge in [0.05, 0.1) is 6.54 Å². The van der Waals surface area contributed by atoms with Gasteiger partial charge in [0, 0.05) is 12.1 Å². The number of hydrogen-bond acceptors (Lipinski definition) is 4.